The molecule has 0 heterocycles. The van der Waals surface area contributed by atoms with E-state index in [9.17, 15) is 0 Å². The number of rotatable bonds is 5. The Morgan fingerprint density at radius 1 is 1.27 bits per heavy atom. The Morgan fingerprint density at radius 3 is 2.36 bits per heavy atom. The van der Waals surface area contributed by atoms with E-state index in [4.69, 9.17) is 26.1 Å². The van der Waals surface area contributed by atoms with Crippen LogP contribution >= 0.6 is 11.6 Å². The Hall–Kier alpha value is 0.170. The topological polar surface area (TPSA) is 27.7 Å². The summed E-state index contributed by atoms with van der Waals surface area (Å²) >= 11 is 5.35. The number of halogens is 1. The van der Waals surface area contributed by atoms with Crippen molar-refractivity contribution in [3.05, 3.63) is 0 Å². The minimum absolute atomic E-state index is 0.129. The predicted octanol–water partition coefficient (Wildman–Crippen LogP) is 1.95. The van der Waals surface area contributed by atoms with Crippen LogP contribution in [-0.2, 0) is 14.5 Å². The van der Waals surface area contributed by atoms with Gasteiger partial charge >= 0.3 is 0 Å². The van der Waals surface area contributed by atoms with Crippen molar-refractivity contribution >= 4 is 11.6 Å². The summed E-state index contributed by atoms with van der Waals surface area (Å²) in [7, 11) is 0. The van der Waals surface area contributed by atoms with E-state index in [-0.39, 0.29) is 12.4 Å². The standard InChI is InChI=1S/C7H15ClO3/c1-7(2,3)11-10-6-9-5-4-8/h4-6H2,1-3H3. The van der Waals surface area contributed by atoms with E-state index >= 15 is 0 Å². The van der Waals surface area contributed by atoms with Crippen LogP contribution in [0.1, 0.15) is 20.8 Å². The van der Waals surface area contributed by atoms with Crippen LogP contribution < -0.4 is 0 Å². The van der Waals surface area contributed by atoms with Crippen LogP contribution in [0.3, 0.4) is 0 Å². The smallest absolute Gasteiger partial charge is 0.180 e. The fourth-order valence-electron chi connectivity index (χ4n) is 0.348. The molecule has 68 valence electrons. The van der Waals surface area contributed by atoms with Gasteiger partial charge in [-0.25, -0.2) is 9.78 Å². The molecular weight excluding hydrogens is 168 g/mol. The van der Waals surface area contributed by atoms with Gasteiger partial charge in [0.25, 0.3) is 0 Å². The molecule has 0 radical (unpaired) electrons. The lowest BCUT2D eigenvalue weighted by Gasteiger charge is -2.17. The quantitative estimate of drug-likeness (QED) is 0.214. The van der Waals surface area contributed by atoms with E-state index in [0.29, 0.717) is 12.5 Å². The van der Waals surface area contributed by atoms with Gasteiger partial charge in [-0.15, -0.1) is 11.6 Å². The zero-order chi connectivity index (χ0) is 8.74. The Balaban J connectivity index is 3.02. The maximum absolute atomic E-state index is 5.35. The molecule has 0 saturated carbocycles. The second-order valence-electron chi connectivity index (χ2n) is 3.03. The normalized spacial score (nSPS) is 12.0. The molecule has 0 aromatic rings. The van der Waals surface area contributed by atoms with Gasteiger partial charge < -0.3 is 4.74 Å². The van der Waals surface area contributed by atoms with Crippen molar-refractivity contribution in [3.8, 4) is 0 Å². The number of hydrogen-bond donors (Lipinski definition) is 0. The highest BCUT2D eigenvalue weighted by Crippen LogP contribution is 2.06. The molecule has 0 atom stereocenters. The molecule has 0 aliphatic rings. The molecule has 0 aliphatic heterocycles. The summed E-state index contributed by atoms with van der Waals surface area (Å²) in [6.07, 6.45) is 0. The van der Waals surface area contributed by atoms with E-state index in [1.165, 1.54) is 0 Å². The lowest BCUT2D eigenvalue weighted by atomic mass is 10.2. The first-order valence-electron chi connectivity index (χ1n) is 3.50. The molecule has 0 saturated heterocycles. The second-order valence-corrected chi connectivity index (χ2v) is 3.41. The summed E-state index contributed by atoms with van der Waals surface area (Å²) in [6.45, 7) is 6.30. The first-order valence-corrected chi connectivity index (χ1v) is 4.04. The van der Waals surface area contributed by atoms with Crippen molar-refractivity contribution in [2.75, 3.05) is 19.3 Å². The number of hydrogen-bond acceptors (Lipinski definition) is 3. The average molecular weight is 183 g/mol. The van der Waals surface area contributed by atoms with Gasteiger partial charge in [-0.3, -0.25) is 0 Å². The third-order valence-electron chi connectivity index (χ3n) is 0.662. The predicted molar refractivity (Wildman–Crippen MR) is 43.5 cm³/mol. The van der Waals surface area contributed by atoms with Crippen molar-refractivity contribution in [1.29, 1.82) is 0 Å². The van der Waals surface area contributed by atoms with Crippen molar-refractivity contribution in [2.45, 2.75) is 26.4 Å². The fourth-order valence-corrected chi connectivity index (χ4v) is 0.457. The SMILES string of the molecule is CC(C)(C)OOCOCCCl. The maximum atomic E-state index is 5.35. The monoisotopic (exact) mass is 182 g/mol. The number of alkyl halides is 1. The molecule has 0 aliphatic carbocycles. The fraction of sp³-hybridized carbons (Fsp3) is 1.00. The molecule has 4 heteroatoms. The Labute approximate surface area is 72.5 Å². The molecule has 0 unspecified atom stereocenters. The van der Waals surface area contributed by atoms with Gasteiger partial charge in [-0.2, -0.15) is 0 Å². The summed E-state index contributed by atoms with van der Waals surface area (Å²) in [6, 6.07) is 0. The van der Waals surface area contributed by atoms with Crippen LogP contribution in [0.15, 0.2) is 0 Å². The molecule has 11 heavy (non-hydrogen) atoms. The van der Waals surface area contributed by atoms with Crippen molar-refractivity contribution in [2.24, 2.45) is 0 Å². The van der Waals surface area contributed by atoms with Crippen molar-refractivity contribution in [3.63, 3.8) is 0 Å². The van der Waals surface area contributed by atoms with Gasteiger partial charge in [0.1, 0.15) is 0 Å². The summed E-state index contributed by atoms with van der Waals surface area (Å²) in [5, 5.41) is 0. The lowest BCUT2D eigenvalue weighted by Crippen LogP contribution is -2.20. The summed E-state index contributed by atoms with van der Waals surface area (Å²) in [4.78, 5) is 9.63. The summed E-state index contributed by atoms with van der Waals surface area (Å²) < 4.78 is 4.90. The molecule has 3 nitrogen and oxygen atoms in total. The van der Waals surface area contributed by atoms with Crippen LogP contribution in [0, 0.1) is 0 Å². The van der Waals surface area contributed by atoms with Crippen LogP contribution in [0.4, 0.5) is 0 Å². The first-order chi connectivity index (χ1) is 5.06. The highest BCUT2D eigenvalue weighted by Gasteiger charge is 2.10. The Morgan fingerprint density at radius 2 is 1.91 bits per heavy atom. The Kier molecular flexibility index (Phi) is 5.86. The minimum atomic E-state index is -0.287. The van der Waals surface area contributed by atoms with E-state index < -0.39 is 0 Å². The van der Waals surface area contributed by atoms with Crippen LogP contribution in [0.5, 0.6) is 0 Å². The third kappa shape index (κ3) is 10.2. The molecular formula is C7H15ClO3. The van der Waals surface area contributed by atoms with Crippen LogP contribution in [0.2, 0.25) is 0 Å². The summed E-state index contributed by atoms with van der Waals surface area (Å²) in [5.41, 5.74) is -0.287. The zero-order valence-corrected chi connectivity index (χ0v) is 7.98. The molecule has 0 bridgehead atoms. The van der Waals surface area contributed by atoms with E-state index in [1.54, 1.807) is 0 Å². The van der Waals surface area contributed by atoms with Gasteiger partial charge in [0, 0.05) is 5.88 Å². The Bertz CT molecular complexity index is 90.2. The van der Waals surface area contributed by atoms with Gasteiger partial charge in [0.2, 0.25) is 0 Å². The van der Waals surface area contributed by atoms with E-state index in [0.717, 1.165) is 0 Å². The highest BCUT2D eigenvalue weighted by molar-refractivity contribution is 6.17. The molecule has 0 rings (SSSR count). The lowest BCUT2D eigenvalue weighted by molar-refractivity contribution is -0.380. The van der Waals surface area contributed by atoms with Crippen molar-refractivity contribution < 1.29 is 14.5 Å². The molecule has 0 fully saturated rings. The molecule has 0 N–H and O–H groups in total. The number of ether oxygens (including phenoxy) is 1. The van der Waals surface area contributed by atoms with E-state index in [1.807, 2.05) is 20.8 Å². The highest BCUT2D eigenvalue weighted by atomic mass is 35.5. The first kappa shape index (κ1) is 11.2. The van der Waals surface area contributed by atoms with Crippen molar-refractivity contribution in [1.82, 2.24) is 0 Å². The molecule has 0 aromatic carbocycles. The van der Waals surface area contributed by atoms with Gasteiger partial charge in [-0.05, 0) is 20.8 Å². The van der Waals surface area contributed by atoms with E-state index in [2.05, 4.69) is 0 Å². The second kappa shape index (κ2) is 5.77. The summed E-state index contributed by atoms with van der Waals surface area (Å²) in [5.74, 6) is 0.471. The van der Waals surface area contributed by atoms with Crippen LogP contribution in [0.25, 0.3) is 0 Å². The average Bonchev–Trinajstić information content (AvgIpc) is 1.85. The zero-order valence-electron chi connectivity index (χ0n) is 7.22. The molecule has 0 spiro atoms. The minimum Gasteiger partial charge on any atom is -0.351 e. The van der Waals surface area contributed by atoms with Gasteiger partial charge in [-0.1, -0.05) is 0 Å². The largest absolute Gasteiger partial charge is 0.351 e. The maximum Gasteiger partial charge on any atom is 0.180 e. The molecule has 0 aromatic heterocycles. The van der Waals surface area contributed by atoms with Crippen LogP contribution in [-0.4, -0.2) is 24.9 Å². The van der Waals surface area contributed by atoms with Gasteiger partial charge in [0.05, 0.1) is 12.2 Å². The molecule has 0 amide bonds. The van der Waals surface area contributed by atoms with Gasteiger partial charge in [0.15, 0.2) is 6.79 Å². The third-order valence-corrected chi connectivity index (χ3v) is 0.816.